The van der Waals surface area contributed by atoms with Crippen molar-refractivity contribution in [2.24, 2.45) is 0 Å². The first kappa shape index (κ1) is 11.4. The van der Waals surface area contributed by atoms with Crippen molar-refractivity contribution in [3.8, 4) is 0 Å². The summed E-state index contributed by atoms with van der Waals surface area (Å²) in [7, 11) is 0. The Morgan fingerprint density at radius 3 is 2.53 bits per heavy atom. The van der Waals surface area contributed by atoms with Gasteiger partial charge in [-0.25, -0.2) is 0 Å². The Labute approximate surface area is 115 Å². The third-order valence-corrected chi connectivity index (χ3v) is 10.6. The number of hydrogen-bond acceptors (Lipinski definition) is 6. The topological polar surface area (TPSA) is 0 Å². The summed E-state index contributed by atoms with van der Waals surface area (Å²) in [5.74, 6) is 1.26. The molecular formula is C9H8S6. The van der Waals surface area contributed by atoms with Crippen molar-refractivity contribution in [1.82, 2.24) is 0 Å². The minimum Gasteiger partial charge on any atom is -0.116 e. The van der Waals surface area contributed by atoms with Gasteiger partial charge in [-0.2, -0.15) is 0 Å². The van der Waals surface area contributed by atoms with Crippen molar-refractivity contribution >= 4 is 70.6 Å². The molecule has 1 unspecified atom stereocenters. The zero-order valence-electron chi connectivity index (χ0n) is 7.89. The van der Waals surface area contributed by atoms with Crippen molar-refractivity contribution in [3.05, 3.63) is 27.8 Å². The molecule has 3 aliphatic rings. The van der Waals surface area contributed by atoms with E-state index in [0.29, 0.717) is 0 Å². The molecule has 0 radical (unpaired) electrons. The summed E-state index contributed by atoms with van der Waals surface area (Å²) in [5, 5.41) is 5.12. The normalized spacial score (nSPS) is 30.3. The highest BCUT2D eigenvalue weighted by molar-refractivity contribution is 8.43. The first-order valence-electron chi connectivity index (χ1n) is 4.45. The van der Waals surface area contributed by atoms with E-state index in [1.165, 1.54) is 14.2 Å². The van der Waals surface area contributed by atoms with Gasteiger partial charge in [0.2, 0.25) is 0 Å². The van der Waals surface area contributed by atoms with Crippen LogP contribution in [0.3, 0.4) is 0 Å². The summed E-state index contributed by atoms with van der Waals surface area (Å²) >= 11 is 11.8. The Morgan fingerprint density at radius 1 is 1.00 bits per heavy atom. The van der Waals surface area contributed by atoms with E-state index in [-0.39, 0.29) is 0 Å². The van der Waals surface area contributed by atoms with Crippen LogP contribution in [0.2, 0.25) is 0 Å². The van der Waals surface area contributed by atoms with Gasteiger partial charge in [0.25, 0.3) is 0 Å². The third kappa shape index (κ3) is 2.45. The summed E-state index contributed by atoms with van der Waals surface area (Å²) in [6, 6.07) is 0. The lowest BCUT2D eigenvalue weighted by molar-refractivity contribution is 1.14. The standard InChI is InChI=1S/C9H8S6/c1-5-4-12-7-9(13-5)15-8(14-7)6-10-2-3-11-6/h2-3,5H,4H2,1H3. The van der Waals surface area contributed by atoms with Gasteiger partial charge in [0.15, 0.2) is 0 Å². The molecule has 3 aliphatic heterocycles. The van der Waals surface area contributed by atoms with Gasteiger partial charge in [-0.15, -0.1) is 23.5 Å². The van der Waals surface area contributed by atoms with E-state index in [4.69, 9.17) is 0 Å². The fourth-order valence-corrected chi connectivity index (χ4v) is 9.61. The Hall–Kier alpha value is 1.32. The zero-order valence-corrected chi connectivity index (χ0v) is 12.8. The first-order chi connectivity index (χ1) is 7.33. The molecule has 0 N–H and O–H groups in total. The molecule has 0 saturated carbocycles. The van der Waals surface area contributed by atoms with Crippen molar-refractivity contribution in [1.29, 1.82) is 0 Å². The van der Waals surface area contributed by atoms with Gasteiger partial charge in [0.05, 0.1) is 16.9 Å². The van der Waals surface area contributed by atoms with E-state index in [0.717, 1.165) is 5.25 Å². The van der Waals surface area contributed by atoms with E-state index in [1.807, 2.05) is 70.6 Å². The molecule has 0 bridgehead atoms. The summed E-state index contributed by atoms with van der Waals surface area (Å²) in [5.41, 5.74) is 0. The monoisotopic (exact) mass is 308 g/mol. The zero-order chi connectivity index (χ0) is 10.3. The minimum atomic E-state index is 0.771. The SMILES string of the molecule is CC1CSC2=C(SC(=C3SC=CS3)S2)S1. The van der Waals surface area contributed by atoms with Gasteiger partial charge in [-0.3, -0.25) is 0 Å². The molecule has 0 aromatic carbocycles. The van der Waals surface area contributed by atoms with E-state index < -0.39 is 0 Å². The molecule has 0 saturated heterocycles. The third-order valence-electron chi connectivity index (χ3n) is 1.87. The Balaban J connectivity index is 1.79. The lowest BCUT2D eigenvalue weighted by Crippen LogP contribution is -2.02. The molecule has 0 aromatic rings. The molecular weight excluding hydrogens is 301 g/mol. The molecule has 3 heterocycles. The molecule has 15 heavy (non-hydrogen) atoms. The summed E-state index contributed by atoms with van der Waals surface area (Å²) in [6.07, 6.45) is 0. The highest BCUT2D eigenvalue weighted by Gasteiger charge is 2.30. The molecule has 0 amide bonds. The first-order valence-corrected chi connectivity index (χ1v) is 9.71. The highest BCUT2D eigenvalue weighted by atomic mass is 32.3. The predicted molar refractivity (Wildman–Crippen MR) is 83.1 cm³/mol. The van der Waals surface area contributed by atoms with Crippen LogP contribution < -0.4 is 0 Å². The van der Waals surface area contributed by atoms with Crippen molar-refractivity contribution in [3.63, 3.8) is 0 Å². The van der Waals surface area contributed by atoms with Crippen LogP contribution in [0, 0.1) is 0 Å². The molecule has 3 rings (SSSR count). The second kappa shape index (κ2) is 4.90. The Morgan fingerprint density at radius 2 is 1.73 bits per heavy atom. The second-order valence-electron chi connectivity index (χ2n) is 3.10. The maximum absolute atomic E-state index is 2.32. The van der Waals surface area contributed by atoms with Crippen LogP contribution in [0.25, 0.3) is 0 Å². The summed E-state index contributed by atoms with van der Waals surface area (Å²) in [6.45, 7) is 2.32. The van der Waals surface area contributed by atoms with Gasteiger partial charge >= 0.3 is 0 Å². The van der Waals surface area contributed by atoms with E-state index >= 15 is 0 Å². The van der Waals surface area contributed by atoms with Gasteiger partial charge < -0.3 is 0 Å². The second-order valence-corrected chi connectivity index (χ2v) is 10.5. The Bertz CT molecular complexity index is 370. The number of rotatable bonds is 0. The lowest BCUT2D eigenvalue weighted by atomic mass is 10.6. The molecule has 6 heteroatoms. The fraction of sp³-hybridized carbons (Fsp3) is 0.333. The Kier molecular flexibility index (Phi) is 3.73. The minimum absolute atomic E-state index is 0.771. The molecule has 0 nitrogen and oxygen atoms in total. The molecule has 0 aliphatic carbocycles. The van der Waals surface area contributed by atoms with Gasteiger partial charge in [-0.1, -0.05) is 54.0 Å². The molecule has 0 aromatic heterocycles. The predicted octanol–water partition coefficient (Wildman–Crippen LogP) is 5.54. The van der Waals surface area contributed by atoms with E-state index in [9.17, 15) is 0 Å². The summed E-state index contributed by atoms with van der Waals surface area (Å²) < 4.78 is 6.04. The van der Waals surface area contributed by atoms with Gasteiger partial charge in [-0.05, 0) is 10.8 Å². The van der Waals surface area contributed by atoms with Crippen molar-refractivity contribution in [2.75, 3.05) is 5.75 Å². The van der Waals surface area contributed by atoms with Crippen LogP contribution in [-0.4, -0.2) is 11.0 Å². The fourth-order valence-electron chi connectivity index (χ4n) is 1.23. The molecule has 0 fully saturated rings. The summed E-state index contributed by atoms with van der Waals surface area (Å²) in [4.78, 5) is 0. The van der Waals surface area contributed by atoms with Crippen LogP contribution in [0.15, 0.2) is 27.8 Å². The van der Waals surface area contributed by atoms with Crippen molar-refractivity contribution < 1.29 is 0 Å². The van der Waals surface area contributed by atoms with Gasteiger partial charge in [0, 0.05) is 11.0 Å². The van der Waals surface area contributed by atoms with Crippen LogP contribution in [0.4, 0.5) is 0 Å². The van der Waals surface area contributed by atoms with Crippen LogP contribution >= 0.6 is 70.6 Å². The smallest absolute Gasteiger partial charge is 0.0717 e. The molecule has 80 valence electrons. The lowest BCUT2D eigenvalue weighted by Gasteiger charge is -2.16. The number of hydrogen-bond donors (Lipinski definition) is 0. The van der Waals surface area contributed by atoms with E-state index in [1.54, 1.807) is 8.47 Å². The van der Waals surface area contributed by atoms with Gasteiger partial charge in [0.1, 0.15) is 0 Å². The average molecular weight is 309 g/mol. The average Bonchev–Trinajstić information content (AvgIpc) is 2.84. The van der Waals surface area contributed by atoms with Crippen LogP contribution in [0.5, 0.6) is 0 Å². The molecule has 0 spiro atoms. The molecule has 1 atom stereocenters. The van der Waals surface area contributed by atoms with Crippen molar-refractivity contribution in [2.45, 2.75) is 12.2 Å². The highest BCUT2D eigenvalue weighted by Crippen LogP contribution is 2.63. The maximum Gasteiger partial charge on any atom is 0.0717 e. The largest absolute Gasteiger partial charge is 0.116 e. The number of thioether (sulfide) groups is 6. The quantitative estimate of drug-likeness (QED) is 0.572. The van der Waals surface area contributed by atoms with Crippen LogP contribution in [-0.2, 0) is 0 Å². The van der Waals surface area contributed by atoms with Crippen LogP contribution in [0.1, 0.15) is 6.92 Å². The maximum atomic E-state index is 2.32. The van der Waals surface area contributed by atoms with E-state index in [2.05, 4.69) is 17.7 Å².